The van der Waals surface area contributed by atoms with Crippen molar-refractivity contribution in [2.75, 3.05) is 33.9 Å². The van der Waals surface area contributed by atoms with Crippen LogP contribution in [0.2, 0.25) is 0 Å². The highest BCUT2D eigenvalue weighted by molar-refractivity contribution is 5.85. The van der Waals surface area contributed by atoms with Crippen molar-refractivity contribution in [3.63, 3.8) is 0 Å². The Morgan fingerprint density at radius 3 is 2.80 bits per heavy atom. The van der Waals surface area contributed by atoms with Crippen LogP contribution in [0.25, 0.3) is 0 Å². The number of aliphatic hydroxyl groups excluding tert-OH is 2. The van der Waals surface area contributed by atoms with Crippen LogP contribution in [-0.4, -0.2) is 49.0 Å². The van der Waals surface area contributed by atoms with Gasteiger partial charge >= 0.3 is 0 Å². The normalized spacial score (nSPS) is 18.8. The molecular formula is C15H24ClNO3. The fourth-order valence-electron chi connectivity index (χ4n) is 2.45. The van der Waals surface area contributed by atoms with E-state index >= 15 is 0 Å². The molecule has 2 unspecified atom stereocenters. The third kappa shape index (κ3) is 4.17. The van der Waals surface area contributed by atoms with Gasteiger partial charge in [-0.15, -0.1) is 12.4 Å². The lowest BCUT2D eigenvalue weighted by Crippen LogP contribution is -2.20. The van der Waals surface area contributed by atoms with Crippen LogP contribution in [-0.2, 0) is 11.2 Å². The first-order chi connectivity index (χ1) is 9.11. The van der Waals surface area contributed by atoms with Gasteiger partial charge in [0.15, 0.2) is 0 Å². The molecule has 1 aliphatic carbocycles. The maximum atomic E-state index is 9.78. The van der Waals surface area contributed by atoms with Crippen LogP contribution in [0.3, 0.4) is 0 Å². The fourth-order valence-corrected chi connectivity index (χ4v) is 2.45. The minimum Gasteiger partial charge on any atom is -0.393 e. The third-order valence-corrected chi connectivity index (χ3v) is 3.61. The Hall–Kier alpha value is -0.650. The van der Waals surface area contributed by atoms with E-state index in [1.165, 1.54) is 5.56 Å². The van der Waals surface area contributed by atoms with Gasteiger partial charge in [-0.05, 0) is 43.6 Å². The molecule has 2 rings (SSSR count). The van der Waals surface area contributed by atoms with Gasteiger partial charge in [-0.2, -0.15) is 0 Å². The molecule has 1 aromatic carbocycles. The fraction of sp³-hybridized carbons (Fsp3) is 0.600. The van der Waals surface area contributed by atoms with E-state index in [4.69, 9.17) is 4.74 Å². The number of fused-ring (bicyclic) bond motifs is 1. The minimum absolute atomic E-state index is 0. The number of benzene rings is 1. The summed E-state index contributed by atoms with van der Waals surface area (Å²) in [5.74, 6) is 0. The third-order valence-electron chi connectivity index (χ3n) is 3.61. The Bertz CT molecular complexity index is 426. The van der Waals surface area contributed by atoms with E-state index in [1.807, 2.05) is 31.1 Å². The van der Waals surface area contributed by atoms with E-state index in [2.05, 4.69) is 6.07 Å². The van der Waals surface area contributed by atoms with Gasteiger partial charge in [-0.1, -0.05) is 18.2 Å². The molecule has 1 aliphatic rings. The summed E-state index contributed by atoms with van der Waals surface area (Å²) in [5.41, 5.74) is 3.20. The summed E-state index contributed by atoms with van der Waals surface area (Å²) in [7, 11) is 3.99. The molecule has 20 heavy (non-hydrogen) atoms. The van der Waals surface area contributed by atoms with E-state index < -0.39 is 0 Å². The second-order valence-corrected chi connectivity index (χ2v) is 5.36. The molecule has 0 heterocycles. The van der Waals surface area contributed by atoms with E-state index in [-0.39, 0.29) is 31.2 Å². The zero-order chi connectivity index (χ0) is 13.8. The summed E-state index contributed by atoms with van der Waals surface area (Å²) in [6, 6.07) is 5.96. The van der Waals surface area contributed by atoms with Crippen molar-refractivity contribution in [3.8, 4) is 0 Å². The number of ether oxygens (including phenoxy) is 1. The molecule has 2 N–H and O–H groups in total. The molecule has 1 aromatic rings. The average Bonchev–Trinajstić information content (AvgIpc) is 2.76. The zero-order valence-electron chi connectivity index (χ0n) is 12.1. The van der Waals surface area contributed by atoms with Crippen LogP contribution < -0.4 is 0 Å². The van der Waals surface area contributed by atoms with Crippen LogP contribution in [0, 0.1) is 0 Å². The van der Waals surface area contributed by atoms with Crippen molar-refractivity contribution in [3.05, 3.63) is 34.9 Å². The molecule has 0 bridgehead atoms. The zero-order valence-corrected chi connectivity index (χ0v) is 12.9. The van der Waals surface area contributed by atoms with Gasteiger partial charge in [-0.25, -0.2) is 0 Å². The van der Waals surface area contributed by atoms with E-state index in [0.717, 1.165) is 30.5 Å². The van der Waals surface area contributed by atoms with Crippen molar-refractivity contribution in [1.82, 2.24) is 4.90 Å². The van der Waals surface area contributed by atoms with E-state index in [0.29, 0.717) is 6.61 Å². The molecule has 0 saturated carbocycles. The standard InChI is InChI=1S/C15H23NO3.ClH/c1-16(2)7-8-19-15(10-17)12-3-5-13-11(9-12)4-6-14(13)18;/h3,5,9,14-15,17-18H,4,6-8,10H2,1-2H3;1H. The van der Waals surface area contributed by atoms with Crippen molar-refractivity contribution in [2.45, 2.75) is 25.0 Å². The highest BCUT2D eigenvalue weighted by atomic mass is 35.5. The van der Waals surface area contributed by atoms with Crippen LogP contribution in [0.15, 0.2) is 18.2 Å². The van der Waals surface area contributed by atoms with Gasteiger partial charge < -0.3 is 19.8 Å². The Balaban J connectivity index is 0.00000200. The quantitative estimate of drug-likeness (QED) is 0.840. The Labute approximate surface area is 126 Å². The van der Waals surface area contributed by atoms with Crippen molar-refractivity contribution < 1.29 is 14.9 Å². The first kappa shape index (κ1) is 17.4. The van der Waals surface area contributed by atoms with E-state index in [1.54, 1.807) is 0 Å². The number of aryl methyl sites for hydroxylation is 1. The maximum absolute atomic E-state index is 9.78. The number of nitrogens with zero attached hydrogens (tertiary/aromatic N) is 1. The van der Waals surface area contributed by atoms with Crippen molar-refractivity contribution in [2.24, 2.45) is 0 Å². The van der Waals surface area contributed by atoms with Crippen LogP contribution in [0.5, 0.6) is 0 Å². The minimum atomic E-state index is -0.328. The van der Waals surface area contributed by atoms with Crippen molar-refractivity contribution in [1.29, 1.82) is 0 Å². The summed E-state index contributed by atoms with van der Waals surface area (Å²) < 4.78 is 5.72. The van der Waals surface area contributed by atoms with E-state index in [9.17, 15) is 10.2 Å². The van der Waals surface area contributed by atoms with Crippen LogP contribution in [0.4, 0.5) is 0 Å². The number of aliphatic hydroxyl groups is 2. The second-order valence-electron chi connectivity index (χ2n) is 5.36. The van der Waals surface area contributed by atoms with Crippen LogP contribution >= 0.6 is 12.4 Å². The molecule has 0 saturated heterocycles. The van der Waals surface area contributed by atoms with Crippen LogP contribution in [0.1, 0.15) is 35.3 Å². The number of likely N-dealkylation sites (N-methyl/N-ethyl adjacent to an activating group) is 1. The van der Waals surface area contributed by atoms with Gasteiger partial charge in [0.1, 0.15) is 6.10 Å². The van der Waals surface area contributed by atoms with Gasteiger partial charge in [-0.3, -0.25) is 0 Å². The predicted octanol–water partition coefficient (Wildman–Crippen LogP) is 1.70. The summed E-state index contributed by atoms with van der Waals surface area (Å²) in [5, 5.41) is 19.2. The monoisotopic (exact) mass is 301 g/mol. The van der Waals surface area contributed by atoms with Gasteiger partial charge in [0.25, 0.3) is 0 Å². The van der Waals surface area contributed by atoms with Gasteiger partial charge in [0.2, 0.25) is 0 Å². The molecule has 0 aromatic heterocycles. The summed E-state index contributed by atoms with van der Waals surface area (Å²) in [4.78, 5) is 2.05. The lowest BCUT2D eigenvalue weighted by Gasteiger charge is -2.18. The maximum Gasteiger partial charge on any atom is 0.106 e. The first-order valence-electron chi connectivity index (χ1n) is 6.79. The largest absolute Gasteiger partial charge is 0.393 e. The smallest absolute Gasteiger partial charge is 0.106 e. The molecule has 0 aliphatic heterocycles. The molecule has 0 spiro atoms. The summed E-state index contributed by atoms with van der Waals surface area (Å²) in [6.45, 7) is 1.41. The predicted molar refractivity (Wildman–Crippen MR) is 81.3 cm³/mol. The number of halogens is 1. The molecule has 0 amide bonds. The molecule has 4 nitrogen and oxygen atoms in total. The Morgan fingerprint density at radius 1 is 1.40 bits per heavy atom. The summed E-state index contributed by atoms with van der Waals surface area (Å²) in [6.07, 6.45) is 1.10. The summed E-state index contributed by atoms with van der Waals surface area (Å²) >= 11 is 0. The average molecular weight is 302 g/mol. The number of hydrogen-bond donors (Lipinski definition) is 2. The van der Waals surface area contributed by atoms with Gasteiger partial charge in [0.05, 0.1) is 19.3 Å². The molecule has 2 atom stereocenters. The molecular weight excluding hydrogens is 278 g/mol. The van der Waals surface area contributed by atoms with Gasteiger partial charge in [0, 0.05) is 6.54 Å². The SMILES string of the molecule is CN(C)CCOC(CO)c1ccc2c(c1)CCC2O.Cl. The first-order valence-corrected chi connectivity index (χ1v) is 6.79. The lowest BCUT2D eigenvalue weighted by molar-refractivity contribution is 0.00589. The highest BCUT2D eigenvalue weighted by Gasteiger charge is 2.21. The lowest BCUT2D eigenvalue weighted by atomic mass is 10.0. The second kappa shape index (κ2) is 7.96. The Morgan fingerprint density at radius 2 is 2.15 bits per heavy atom. The number of hydrogen-bond acceptors (Lipinski definition) is 4. The molecule has 0 radical (unpaired) electrons. The highest BCUT2D eigenvalue weighted by Crippen LogP contribution is 2.33. The molecule has 0 fully saturated rings. The molecule has 5 heteroatoms. The molecule has 114 valence electrons. The van der Waals surface area contributed by atoms with Crippen molar-refractivity contribution >= 4 is 12.4 Å². The number of rotatable bonds is 6. The topological polar surface area (TPSA) is 52.9 Å². The Kier molecular flexibility index (Phi) is 6.92.